The molecule has 9 heteroatoms. The van der Waals surface area contributed by atoms with Gasteiger partial charge in [-0.3, -0.25) is 4.90 Å². The summed E-state index contributed by atoms with van der Waals surface area (Å²) in [6.07, 6.45) is 4.08. The van der Waals surface area contributed by atoms with Gasteiger partial charge in [0.2, 0.25) is 0 Å². The number of hydrogen-bond acceptors (Lipinski definition) is 8. The highest BCUT2D eigenvalue weighted by molar-refractivity contribution is 5.82. The van der Waals surface area contributed by atoms with Crippen molar-refractivity contribution >= 4 is 16.7 Å². The molecule has 0 spiro atoms. The van der Waals surface area contributed by atoms with Gasteiger partial charge in [-0.2, -0.15) is 5.10 Å². The molecule has 37 heavy (non-hydrogen) atoms. The molecule has 198 valence electrons. The number of benzene rings is 1. The molecule has 3 aromatic rings. The summed E-state index contributed by atoms with van der Waals surface area (Å²) in [5.41, 5.74) is 3.85. The number of likely N-dealkylation sites (tertiary alicyclic amines) is 1. The van der Waals surface area contributed by atoms with Crippen molar-refractivity contribution in [3.05, 3.63) is 41.3 Å². The quantitative estimate of drug-likeness (QED) is 0.565. The van der Waals surface area contributed by atoms with E-state index >= 15 is 0 Å². The summed E-state index contributed by atoms with van der Waals surface area (Å²) in [6, 6.07) is 7.19. The maximum absolute atomic E-state index is 9.56. The number of nitrogens with zero attached hydrogens (tertiary/aromatic N) is 6. The van der Waals surface area contributed by atoms with E-state index in [1.54, 1.807) is 0 Å². The van der Waals surface area contributed by atoms with E-state index < -0.39 is 0 Å². The number of anilines is 1. The predicted molar refractivity (Wildman–Crippen MR) is 142 cm³/mol. The third-order valence-corrected chi connectivity index (χ3v) is 8.41. The summed E-state index contributed by atoms with van der Waals surface area (Å²) >= 11 is 0. The second kappa shape index (κ2) is 10.3. The van der Waals surface area contributed by atoms with Crippen LogP contribution in [0.1, 0.15) is 42.6 Å². The monoisotopic (exact) mass is 506 g/mol. The van der Waals surface area contributed by atoms with E-state index in [1.165, 1.54) is 24.0 Å². The van der Waals surface area contributed by atoms with Crippen LogP contribution in [0.4, 0.5) is 5.82 Å². The third kappa shape index (κ3) is 4.85. The molecular formula is C28H38N6O3. The molecule has 0 amide bonds. The third-order valence-electron chi connectivity index (χ3n) is 8.41. The number of aromatic nitrogens is 4. The minimum atomic E-state index is -0.195. The molecule has 2 aromatic heterocycles. The number of fused-ring (bicyclic) bond motifs is 1. The van der Waals surface area contributed by atoms with Crippen LogP contribution in [0.25, 0.3) is 16.7 Å². The zero-order valence-electron chi connectivity index (χ0n) is 22.1. The number of aliphatic hydroxyl groups excluding tert-OH is 1. The van der Waals surface area contributed by atoms with Crippen molar-refractivity contribution in [2.24, 2.45) is 5.92 Å². The average molecular weight is 507 g/mol. The summed E-state index contributed by atoms with van der Waals surface area (Å²) in [4.78, 5) is 14.2. The standard InChI is InChI=1S/C28H38N6O3/c1-18-10-22-13-29-34(28-12-27(30-20(3)31-28)33-8-9-37-23(14-33)15-35)25(22)11-24(18)21-4-6-32(7-5-21)26-17-36-16-19(26)2/h10-13,19,21,23,26,35H,4-9,14-17H2,1-3H3/t19?,23-,26?/m0/s1. The first-order valence-electron chi connectivity index (χ1n) is 13.6. The Hall–Kier alpha value is -2.59. The van der Waals surface area contributed by atoms with Gasteiger partial charge in [0.1, 0.15) is 11.6 Å². The van der Waals surface area contributed by atoms with Gasteiger partial charge in [-0.05, 0) is 74.9 Å². The molecular weight excluding hydrogens is 468 g/mol. The van der Waals surface area contributed by atoms with Crippen LogP contribution in [0.5, 0.6) is 0 Å². The van der Waals surface area contributed by atoms with Crippen molar-refractivity contribution in [2.75, 3.05) is 57.5 Å². The van der Waals surface area contributed by atoms with Crippen molar-refractivity contribution in [3.8, 4) is 5.82 Å². The van der Waals surface area contributed by atoms with Gasteiger partial charge in [-0.1, -0.05) is 6.92 Å². The Morgan fingerprint density at radius 1 is 1.03 bits per heavy atom. The van der Waals surface area contributed by atoms with Crippen LogP contribution in [-0.2, 0) is 9.47 Å². The van der Waals surface area contributed by atoms with Crippen molar-refractivity contribution in [1.82, 2.24) is 24.6 Å². The normalized spacial score (nSPS) is 25.8. The van der Waals surface area contributed by atoms with Crippen LogP contribution in [0.15, 0.2) is 24.4 Å². The van der Waals surface area contributed by atoms with Crippen LogP contribution in [0.3, 0.4) is 0 Å². The number of aryl methyl sites for hydroxylation is 2. The molecule has 2 unspecified atom stereocenters. The Kier molecular flexibility index (Phi) is 6.88. The fourth-order valence-corrected chi connectivity index (χ4v) is 6.33. The van der Waals surface area contributed by atoms with E-state index in [2.05, 4.69) is 40.8 Å². The molecule has 0 aliphatic carbocycles. The summed E-state index contributed by atoms with van der Waals surface area (Å²) in [5, 5.41) is 15.4. The van der Waals surface area contributed by atoms with Gasteiger partial charge in [0.15, 0.2) is 5.82 Å². The van der Waals surface area contributed by atoms with Gasteiger partial charge >= 0.3 is 0 Å². The zero-order valence-corrected chi connectivity index (χ0v) is 22.1. The molecule has 3 fully saturated rings. The van der Waals surface area contributed by atoms with Crippen molar-refractivity contribution in [1.29, 1.82) is 0 Å². The van der Waals surface area contributed by atoms with Crippen LogP contribution in [-0.4, -0.2) is 94.5 Å². The van der Waals surface area contributed by atoms with E-state index in [4.69, 9.17) is 19.6 Å². The van der Waals surface area contributed by atoms with Gasteiger partial charge in [0.05, 0.1) is 44.2 Å². The van der Waals surface area contributed by atoms with Crippen molar-refractivity contribution < 1.29 is 14.6 Å². The molecule has 1 aromatic carbocycles. The van der Waals surface area contributed by atoms with Gasteiger partial charge in [0, 0.05) is 30.6 Å². The summed E-state index contributed by atoms with van der Waals surface area (Å²) in [5.74, 6) is 3.49. The van der Waals surface area contributed by atoms with Crippen LogP contribution in [0.2, 0.25) is 0 Å². The average Bonchev–Trinajstić information content (AvgIpc) is 3.53. The fraction of sp³-hybridized carbons (Fsp3) is 0.607. The first-order valence-corrected chi connectivity index (χ1v) is 13.6. The van der Waals surface area contributed by atoms with Crippen LogP contribution in [0, 0.1) is 19.8 Å². The van der Waals surface area contributed by atoms with E-state index in [0.717, 1.165) is 55.4 Å². The lowest BCUT2D eigenvalue weighted by atomic mass is 9.85. The molecule has 3 aliphatic heterocycles. The van der Waals surface area contributed by atoms with Crippen molar-refractivity contribution in [2.45, 2.75) is 51.7 Å². The number of hydrogen-bond donors (Lipinski definition) is 1. The summed E-state index contributed by atoms with van der Waals surface area (Å²) < 4.78 is 13.3. The van der Waals surface area contributed by atoms with Crippen molar-refractivity contribution in [3.63, 3.8) is 0 Å². The van der Waals surface area contributed by atoms with E-state index in [0.29, 0.717) is 36.9 Å². The number of ether oxygens (including phenoxy) is 2. The van der Waals surface area contributed by atoms with Gasteiger partial charge in [-0.15, -0.1) is 0 Å². The van der Waals surface area contributed by atoms with Gasteiger partial charge in [-0.25, -0.2) is 14.6 Å². The molecule has 0 bridgehead atoms. The highest BCUT2D eigenvalue weighted by Gasteiger charge is 2.33. The first-order chi connectivity index (χ1) is 18.0. The summed E-state index contributed by atoms with van der Waals surface area (Å²) in [7, 11) is 0. The van der Waals surface area contributed by atoms with E-state index in [9.17, 15) is 5.11 Å². The Labute approximate surface area is 218 Å². The minimum absolute atomic E-state index is 0.00569. The highest BCUT2D eigenvalue weighted by Crippen LogP contribution is 2.35. The topological polar surface area (TPSA) is 88.8 Å². The lowest BCUT2D eigenvalue weighted by Gasteiger charge is -2.37. The Balaban J connectivity index is 1.27. The number of rotatable bonds is 5. The molecule has 3 aliphatic rings. The van der Waals surface area contributed by atoms with E-state index in [-0.39, 0.29) is 12.7 Å². The lowest BCUT2D eigenvalue weighted by molar-refractivity contribution is 0.00335. The second-order valence-electron chi connectivity index (χ2n) is 11.0. The molecule has 5 heterocycles. The Morgan fingerprint density at radius 2 is 1.84 bits per heavy atom. The van der Waals surface area contributed by atoms with Gasteiger partial charge < -0.3 is 19.5 Å². The molecule has 6 rings (SSSR count). The fourth-order valence-electron chi connectivity index (χ4n) is 6.33. The smallest absolute Gasteiger partial charge is 0.159 e. The Bertz CT molecular complexity index is 1250. The number of aliphatic hydroxyl groups is 1. The molecule has 0 saturated carbocycles. The maximum Gasteiger partial charge on any atom is 0.159 e. The molecule has 1 N–H and O–H groups in total. The molecule has 3 atom stereocenters. The first kappa shape index (κ1) is 24.7. The second-order valence-corrected chi connectivity index (χ2v) is 11.0. The molecule has 9 nitrogen and oxygen atoms in total. The maximum atomic E-state index is 9.56. The number of morpholine rings is 1. The number of piperidine rings is 1. The molecule has 3 saturated heterocycles. The van der Waals surface area contributed by atoms with Gasteiger partial charge in [0.25, 0.3) is 0 Å². The zero-order chi connectivity index (χ0) is 25.5. The highest BCUT2D eigenvalue weighted by atomic mass is 16.5. The summed E-state index contributed by atoms with van der Waals surface area (Å²) in [6.45, 7) is 12.4. The Morgan fingerprint density at radius 3 is 2.59 bits per heavy atom. The lowest BCUT2D eigenvalue weighted by Crippen LogP contribution is -2.44. The van der Waals surface area contributed by atoms with E-state index in [1.807, 2.05) is 23.9 Å². The molecule has 0 radical (unpaired) electrons. The minimum Gasteiger partial charge on any atom is -0.394 e. The predicted octanol–water partition coefficient (Wildman–Crippen LogP) is 2.84. The van der Waals surface area contributed by atoms with Crippen LogP contribution < -0.4 is 4.90 Å². The SMILES string of the molecule is Cc1nc(N2CCO[C@H](CO)C2)cc(-n2ncc3cc(C)c(C4CCN(C5COCC5C)CC4)cc32)n1. The largest absolute Gasteiger partial charge is 0.394 e. The van der Waals surface area contributed by atoms with Crippen LogP contribution >= 0.6 is 0 Å².